The zero-order valence-corrected chi connectivity index (χ0v) is 12.4. The highest BCUT2D eigenvalue weighted by atomic mass is 16.2. The summed E-state index contributed by atoms with van der Waals surface area (Å²) in [6, 6.07) is 9.88. The van der Waals surface area contributed by atoms with Crippen LogP contribution in [0.2, 0.25) is 0 Å². The number of carbonyl (C=O) groups excluding carboxylic acids is 1. The second kappa shape index (κ2) is 6.37. The summed E-state index contributed by atoms with van der Waals surface area (Å²) in [7, 11) is 0. The highest BCUT2D eigenvalue weighted by Crippen LogP contribution is 2.30. The first kappa shape index (κ1) is 15.0. The van der Waals surface area contributed by atoms with Gasteiger partial charge in [0, 0.05) is 13.1 Å². The minimum Gasteiger partial charge on any atom is -0.302 e. The third-order valence-corrected chi connectivity index (χ3v) is 4.08. The molecular weight excluding hydrogens is 250 g/mol. The Morgan fingerprint density at radius 2 is 2.10 bits per heavy atom. The van der Waals surface area contributed by atoms with Crippen molar-refractivity contribution in [1.82, 2.24) is 10.3 Å². The molecule has 1 aromatic carbocycles. The van der Waals surface area contributed by atoms with Crippen LogP contribution in [-0.2, 0) is 4.79 Å². The van der Waals surface area contributed by atoms with E-state index in [-0.39, 0.29) is 11.8 Å². The van der Waals surface area contributed by atoms with Gasteiger partial charge in [-0.3, -0.25) is 10.2 Å². The van der Waals surface area contributed by atoms with Crippen LogP contribution in [0.1, 0.15) is 38.2 Å². The lowest BCUT2D eigenvalue weighted by molar-refractivity contribution is -0.123. The van der Waals surface area contributed by atoms with E-state index in [9.17, 15) is 4.79 Å². The number of nitrogens with two attached hydrogens (primary N) is 1. The van der Waals surface area contributed by atoms with E-state index in [1.807, 2.05) is 30.3 Å². The molecule has 4 heteroatoms. The van der Waals surface area contributed by atoms with Gasteiger partial charge in [-0.15, -0.1) is 0 Å². The van der Waals surface area contributed by atoms with E-state index >= 15 is 0 Å². The number of nitrogens with zero attached hydrogens (tertiary/aromatic N) is 1. The van der Waals surface area contributed by atoms with Gasteiger partial charge in [-0.2, -0.15) is 0 Å². The van der Waals surface area contributed by atoms with Crippen molar-refractivity contribution < 1.29 is 4.79 Å². The van der Waals surface area contributed by atoms with Crippen LogP contribution in [0.5, 0.6) is 0 Å². The van der Waals surface area contributed by atoms with Crippen LogP contribution in [0.25, 0.3) is 0 Å². The van der Waals surface area contributed by atoms with Gasteiger partial charge in [-0.05, 0) is 30.4 Å². The number of hydrogen-bond donors (Lipinski definition) is 2. The lowest BCUT2D eigenvalue weighted by atomic mass is 9.83. The van der Waals surface area contributed by atoms with Crippen LogP contribution in [0.4, 0.5) is 0 Å². The van der Waals surface area contributed by atoms with Crippen LogP contribution in [0.15, 0.2) is 30.3 Å². The smallest absolute Gasteiger partial charge is 0.242 e. The number of hydrogen-bond acceptors (Lipinski definition) is 3. The van der Waals surface area contributed by atoms with Crippen LogP contribution in [0.3, 0.4) is 0 Å². The first-order valence-corrected chi connectivity index (χ1v) is 7.29. The molecule has 20 heavy (non-hydrogen) atoms. The number of rotatable bonds is 4. The molecule has 1 aromatic rings. The van der Waals surface area contributed by atoms with Gasteiger partial charge in [-0.25, -0.2) is 5.84 Å². The molecule has 0 aliphatic carbocycles. The molecule has 0 radical (unpaired) electrons. The monoisotopic (exact) mass is 275 g/mol. The first-order chi connectivity index (χ1) is 9.52. The molecule has 1 fully saturated rings. The fourth-order valence-corrected chi connectivity index (χ4v) is 3.08. The highest BCUT2D eigenvalue weighted by Gasteiger charge is 2.30. The molecule has 1 unspecified atom stereocenters. The van der Waals surface area contributed by atoms with Crippen molar-refractivity contribution in [2.45, 2.75) is 32.6 Å². The van der Waals surface area contributed by atoms with Gasteiger partial charge in [0.25, 0.3) is 0 Å². The number of carbonyl (C=O) groups is 1. The minimum absolute atomic E-state index is 0.112. The predicted molar refractivity (Wildman–Crippen MR) is 81.0 cm³/mol. The molecule has 1 atom stereocenters. The Bertz CT molecular complexity index is 444. The number of nitrogens with one attached hydrogen (secondary N) is 1. The summed E-state index contributed by atoms with van der Waals surface area (Å²) in [5.74, 6) is 5.04. The van der Waals surface area contributed by atoms with Gasteiger partial charge in [0.1, 0.15) is 0 Å². The summed E-state index contributed by atoms with van der Waals surface area (Å²) >= 11 is 0. The number of hydrazine groups is 1. The normalized spacial score (nSPS) is 20.4. The van der Waals surface area contributed by atoms with E-state index in [1.165, 1.54) is 12.8 Å². The molecule has 0 spiro atoms. The van der Waals surface area contributed by atoms with Crippen LogP contribution in [-0.4, -0.2) is 30.4 Å². The van der Waals surface area contributed by atoms with E-state index in [4.69, 9.17) is 5.84 Å². The Hall–Kier alpha value is -1.39. The molecule has 1 aliphatic rings. The maximum Gasteiger partial charge on any atom is 0.242 e. The molecule has 110 valence electrons. The van der Waals surface area contributed by atoms with Gasteiger partial charge in [0.15, 0.2) is 0 Å². The van der Waals surface area contributed by atoms with Crippen molar-refractivity contribution in [3.8, 4) is 0 Å². The molecule has 0 aromatic heterocycles. The van der Waals surface area contributed by atoms with Crippen molar-refractivity contribution in [3.05, 3.63) is 35.9 Å². The predicted octanol–water partition coefficient (Wildman–Crippen LogP) is 1.88. The Morgan fingerprint density at radius 3 is 2.70 bits per heavy atom. The quantitative estimate of drug-likeness (QED) is 0.501. The lowest BCUT2D eigenvalue weighted by Crippen LogP contribution is -2.45. The Labute approximate surface area is 121 Å². The van der Waals surface area contributed by atoms with Crippen LogP contribution < -0.4 is 11.3 Å². The maximum atomic E-state index is 12.1. The molecular formula is C16H25N3O. The minimum atomic E-state index is -0.199. The second-order valence-electron chi connectivity index (χ2n) is 6.47. The Morgan fingerprint density at radius 1 is 1.40 bits per heavy atom. The molecule has 3 N–H and O–H groups in total. The topological polar surface area (TPSA) is 58.4 Å². The van der Waals surface area contributed by atoms with Gasteiger partial charge in [-0.1, -0.05) is 44.2 Å². The summed E-state index contributed by atoms with van der Waals surface area (Å²) in [6.45, 7) is 7.41. The number of piperidine rings is 1. The lowest BCUT2D eigenvalue weighted by Gasteiger charge is -2.39. The summed E-state index contributed by atoms with van der Waals surface area (Å²) in [5, 5.41) is 0. The zero-order chi connectivity index (χ0) is 14.6. The average Bonchev–Trinajstić information content (AvgIpc) is 2.44. The summed E-state index contributed by atoms with van der Waals surface area (Å²) in [5.41, 5.74) is 3.67. The molecule has 2 rings (SSSR count). The van der Waals surface area contributed by atoms with E-state index in [0.717, 1.165) is 25.2 Å². The third-order valence-electron chi connectivity index (χ3n) is 4.08. The van der Waals surface area contributed by atoms with Crippen molar-refractivity contribution in [2.24, 2.45) is 11.3 Å². The molecule has 1 saturated heterocycles. The molecule has 1 amide bonds. The van der Waals surface area contributed by atoms with Gasteiger partial charge < -0.3 is 4.90 Å². The maximum absolute atomic E-state index is 12.1. The molecule has 0 bridgehead atoms. The third kappa shape index (κ3) is 3.81. The zero-order valence-electron chi connectivity index (χ0n) is 12.4. The number of likely N-dealkylation sites (tertiary alicyclic amines) is 1. The van der Waals surface area contributed by atoms with Crippen molar-refractivity contribution in [2.75, 3.05) is 19.6 Å². The van der Waals surface area contributed by atoms with Crippen LogP contribution in [0, 0.1) is 5.41 Å². The first-order valence-electron chi connectivity index (χ1n) is 7.29. The second-order valence-corrected chi connectivity index (χ2v) is 6.47. The summed E-state index contributed by atoms with van der Waals surface area (Å²) in [4.78, 5) is 14.5. The fraction of sp³-hybridized carbons (Fsp3) is 0.562. The summed E-state index contributed by atoms with van der Waals surface area (Å²) < 4.78 is 0. The molecule has 4 nitrogen and oxygen atoms in total. The molecule has 0 saturated carbocycles. The average molecular weight is 275 g/mol. The summed E-state index contributed by atoms with van der Waals surface area (Å²) in [6.07, 6.45) is 2.45. The molecule has 1 heterocycles. The van der Waals surface area contributed by atoms with Crippen molar-refractivity contribution in [1.29, 1.82) is 0 Å². The van der Waals surface area contributed by atoms with Gasteiger partial charge in [0.2, 0.25) is 5.91 Å². The van der Waals surface area contributed by atoms with Gasteiger partial charge in [0.05, 0.1) is 5.92 Å². The molecule has 1 aliphatic heterocycles. The number of amides is 1. The van der Waals surface area contributed by atoms with E-state index in [2.05, 4.69) is 24.2 Å². The van der Waals surface area contributed by atoms with E-state index in [1.54, 1.807) is 0 Å². The SMILES string of the molecule is CC1(C)CCCN(CC(C(=O)NN)c2ccccc2)C1. The standard InChI is InChI=1S/C16H25N3O/c1-16(2)9-6-10-19(12-16)11-14(15(20)18-17)13-7-4-3-5-8-13/h3-5,7-8,14H,6,9-12,17H2,1-2H3,(H,18,20). The van der Waals surface area contributed by atoms with E-state index < -0.39 is 0 Å². The Balaban J connectivity index is 2.11. The van der Waals surface area contributed by atoms with E-state index in [0.29, 0.717) is 5.41 Å². The largest absolute Gasteiger partial charge is 0.302 e. The van der Waals surface area contributed by atoms with Crippen LogP contribution >= 0.6 is 0 Å². The van der Waals surface area contributed by atoms with Crippen molar-refractivity contribution >= 4 is 5.91 Å². The van der Waals surface area contributed by atoms with Crippen molar-refractivity contribution in [3.63, 3.8) is 0 Å². The number of benzene rings is 1. The van der Waals surface area contributed by atoms with Gasteiger partial charge >= 0.3 is 0 Å². The fourth-order valence-electron chi connectivity index (χ4n) is 3.08. The Kier molecular flexibility index (Phi) is 4.78. The highest BCUT2D eigenvalue weighted by molar-refractivity contribution is 5.83.